The molecule has 3 atom stereocenters. The Hall–Kier alpha value is -5.94. The van der Waals surface area contributed by atoms with Gasteiger partial charge < -0.3 is 4.57 Å². The molecule has 3 heterocycles. The third-order valence-corrected chi connectivity index (χ3v) is 15.1. The first-order chi connectivity index (χ1) is 29.7. The highest BCUT2D eigenvalue weighted by molar-refractivity contribution is 8.00. The Kier molecular flexibility index (Phi) is 8.96. The molecule has 0 saturated heterocycles. The number of para-hydroxylation sites is 1. The molecule has 2 N–H and O–H groups in total. The smallest absolute Gasteiger partial charge is 0.211 e. The van der Waals surface area contributed by atoms with Gasteiger partial charge in [0.25, 0.3) is 0 Å². The molecule has 0 bridgehead atoms. The number of thioether (sulfide) groups is 1. The van der Waals surface area contributed by atoms with Crippen molar-refractivity contribution in [3.05, 3.63) is 203 Å². The van der Waals surface area contributed by atoms with Gasteiger partial charge in [-0.3, -0.25) is 5.32 Å². The zero-order valence-corrected chi connectivity index (χ0v) is 34.7. The second-order valence-corrected chi connectivity index (χ2v) is 18.4. The summed E-state index contributed by atoms with van der Waals surface area (Å²) in [6.07, 6.45) is 28.1. The van der Waals surface area contributed by atoms with E-state index in [1.165, 1.54) is 114 Å². The molecular formula is C56H48N3S+. The molecule has 60 heavy (non-hydrogen) atoms. The average molecular weight is 795 g/mol. The number of aromatic nitrogens is 1. The molecule has 4 heteroatoms. The summed E-state index contributed by atoms with van der Waals surface area (Å²) in [5.41, 5.74) is 20.0. The van der Waals surface area contributed by atoms with E-state index in [9.17, 15) is 0 Å². The lowest BCUT2D eigenvalue weighted by atomic mass is 9.80. The molecule has 3 unspecified atom stereocenters. The fourth-order valence-electron chi connectivity index (χ4n) is 10.6. The van der Waals surface area contributed by atoms with E-state index in [2.05, 4.69) is 186 Å². The average Bonchev–Trinajstić information content (AvgIpc) is 3.86. The van der Waals surface area contributed by atoms with Crippen LogP contribution >= 0.6 is 11.8 Å². The maximum atomic E-state index is 5.50. The van der Waals surface area contributed by atoms with Crippen molar-refractivity contribution < 1.29 is 5.32 Å². The van der Waals surface area contributed by atoms with Crippen molar-refractivity contribution in [2.75, 3.05) is 0 Å². The monoisotopic (exact) mass is 794 g/mol. The highest BCUT2D eigenvalue weighted by Gasteiger charge is 2.34. The molecule has 292 valence electrons. The van der Waals surface area contributed by atoms with Crippen molar-refractivity contribution in [2.45, 2.75) is 67.7 Å². The van der Waals surface area contributed by atoms with Gasteiger partial charge in [-0.1, -0.05) is 109 Å². The Labute approximate surface area is 357 Å². The molecule has 0 saturated carbocycles. The number of fused-ring (bicyclic) bond motifs is 7. The summed E-state index contributed by atoms with van der Waals surface area (Å²) in [7, 11) is 0. The molecule has 4 aliphatic carbocycles. The van der Waals surface area contributed by atoms with E-state index in [1.807, 2.05) is 0 Å². The summed E-state index contributed by atoms with van der Waals surface area (Å²) < 4.78 is 2.44. The van der Waals surface area contributed by atoms with Crippen LogP contribution < -0.4 is 5.32 Å². The van der Waals surface area contributed by atoms with E-state index < -0.39 is 0 Å². The molecule has 0 radical (unpaired) electrons. The molecule has 5 aromatic carbocycles. The van der Waals surface area contributed by atoms with Gasteiger partial charge in [0.15, 0.2) is 0 Å². The van der Waals surface area contributed by atoms with Gasteiger partial charge in [-0.15, -0.1) is 11.8 Å². The summed E-state index contributed by atoms with van der Waals surface area (Å²) >= 11 is 2.07. The van der Waals surface area contributed by atoms with Gasteiger partial charge in [-0.2, -0.15) is 0 Å². The summed E-state index contributed by atoms with van der Waals surface area (Å²) in [6.45, 7) is 0. The Balaban J connectivity index is 0.870. The zero-order valence-electron chi connectivity index (χ0n) is 33.9. The Morgan fingerprint density at radius 3 is 2.32 bits per heavy atom. The standard InChI is InChI=1S/C56H47N3S/c1-3-11-36(12-4-1)38-19-21-39(22-20-38)55-46-16-7-9-17-50(46)57-56(58-55)40-23-28-44(29-24-40)59-51-18-10-8-15-45(51)47-33-42(25-30-52(47)59)43-27-32-54-49(35-43)48-34-41(26-31-53(48)60-54)37-13-5-2-6-14-37/h1-5,8,10-13,15-19,21,23-25,27-30,32-35,41,53,56-57H,6-7,9,14,20,22,26,31H2/p+1. The largest absolute Gasteiger partial charge is 0.309 e. The van der Waals surface area contributed by atoms with Crippen molar-refractivity contribution >= 4 is 50.4 Å². The maximum absolute atomic E-state index is 5.50. The summed E-state index contributed by atoms with van der Waals surface area (Å²) in [5.74, 6) is 0.573. The quantitative estimate of drug-likeness (QED) is 0.179. The van der Waals surface area contributed by atoms with Crippen LogP contribution in [0.1, 0.15) is 74.2 Å². The Morgan fingerprint density at radius 2 is 1.45 bits per heavy atom. The van der Waals surface area contributed by atoms with Crippen LogP contribution in [0.5, 0.6) is 0 Å². The summed E-state index contributed by atoms with van der Waals surface area (Å²) in [4.78, 5) is 6.94. The fraction of sp³-hybridized carbons (Fsp3) is 0.196. The van der Waals surface area contributed by atoms with E-state index in [4.69, 9.17) is 4.99 Å². The first kappa shape index (κ1) is 36.0. The SMILES string of the molecule is C1=CCCC(C2C=C3c4cc(-c5ccc6c(c5)c5ccccc5n6-c5ccc(C6N=C(C7=CC=C(c8ccccc8)CC7)C7=CCCC=C7[NH2+]6)cc5)ccc4SC3CC2)=C1. The molecule has 6 aromatic rings. The van der Waals surface area contributed by atoms with Crippen molar-refractivity contribution in [1.82, 2.24) is 4.57 Å². The van der Waals surface area contributed by atoms with E-state index in [1.54, 1.807) is 11.1 Å². The number of aliphatic imine (C=N–C) groups is 1. The van der Waals surface area contributed by atoms with Crippen molar-refractivity contribution in [2.24, 2.45) is 10.9 Å². The van der Waals surface area contributed by atoms with Crippen LogP contribution in [-0.2, 0) is 0 Å². The van der Waals surface area contributed by atoms with Crippen molar-refractivity contribution in [1.29, 1.82) is 0 Å². The number of benzene rings is 5. The maximum Gasteiger partial charge on any atom is 0.211 e. The number of hydrogen-bond acceptors (Lipinski definition) is 2. The van der Waals surface area contributed by atoms with Gasteiger partial charge in [-0.05, 0) is 157 Å². The van der Waals surface area contributed by atoms with Gasteiger partial charge in [0.2, 0.25) is 6.17 Å². The van der Waals surface area contributed by atoms with Crippen molar-refractivity contribution in [3.8, 4) is 16.8 Å². The number of rotatable bonds is 6. The number of hydrogen-bond donors (Lipinski definition) is 1. The number of allylic oxidation sites excluding steroid dienone is 12. The summed E-state index contributed by atoms with van der Waals surface area (Å²) in [5, 5.41) is 5.54. The van der Waals surface area contributed by atoms with Crippen LogP contribution in [0, 0.1) is 5.92 Å². The molecule has 0 spiro atoms. The van der Waals surface area contributed by atoms with E-state index >= 15 is 0 Å². The fourth-order valence-corrected chi connectivity index (χ4v) is 11.9. The van der Waals surface area contributed by atoms with E-state index in [-0.39, 0.29) is 6.17 Å². The topological polar surface area (TPSA) is 33.9 Å². The van der Waals surface area contributed by atoms with Gasteiger partial charge in [0, 0.05) is 32.2 Å². The van der Waals surface area contributed by atoms with Crippen LogP contribution in [0.15, 0.2) is 196 Å². The molecule has 12 rings (SSSR count). The molecule has 1 aromatic heterocycles. The molecular weight excluding hydrogens is 747 g/mol. The Bertz CT molecular complexity index is 2980. The second-order valence-electron chi connectivity index (χ2n) is 17.2. The predicted octanol–water partition coefficient (Wildman–Crippen LogP) is 13.4. The van der Waals surface area contributed by atoms with Crippen LogP contribution in [0.4, 0.5) is 0 Å². The minimum Gasteiger partial charge on any atom is -0.309 e. The van der Waals surface area contributed by atoms with Crippen LogP contribution in [-0.4, -0.2) is 15.5 Å². The second kappa shape index (κ2) is 15.0. The zero-order chi connectivity index (χ0) is 39.6. The third kappa shape index (κ3) is 6.28. The normalized spacial score (nSPS) is 22.1. The van der Waals surface area contributed by atoms with Gasteiger partial charge in [0.1, 0.15) is 5.70 Å². The van der Waals surface area contributed by atoms with E-state index in [0.717, 1.165) is 25.7 Å². The number of quaternary nitrogens is 1. The third-order valence-electron chi connectivity index (χ3n) is 13.7. The molecule has 0 fully saturated rings. The molecule has 3 nitrogen and oxygen atoms in total. The number of nitrogens with two attached hydrogens (primary N) is 1. The first-order valence-electron chi connectivity index (χ1n) is 22.0. The summed E-state index contributed by atoms with van der Waals surface area (Å²) in [6, 6.07) is 43.2. The van der Waals surface area contributed by atoms with Gasteiger partial charge in [0.05, 0.1) is 22.3 Å². The highest BCUT2D eigenvalue weighted by atomic mass is 32.2. The van der Waals surface area contributed by atoms with Crippen molar-refractivity contribution in [3.63, 3.8) is 0 Å². The lowest BCUT2D eigenvalue weighted by molar-refractivity contribution is -0.647. The number of nitrogens with zero attached hydrogens (tertiary/aromatic N) is 2. The van der Waals surface area contributed by atoms with Gasteiger partial charge >= 0.3 is 0 Å². The van der Waals surface area contributed by atoms with Crippen LogP contribution in [0.25, 0.3) is 49.8 Å². The molecule has 6 aliphatic rings. The van der Waals surface area contributed by atoms with Crippen LogP contribution in [0.3, 0.4) is 0 Å². The lowest BCUT2D eigenvalue weighted by Gasteiger charge is -2.28. The highest BCUT2D eigenvalue weighted by Crippen LogP contribution is 2.52. The minimum absolute atomic E-state index is 0.0191. The minimum atomic E-state index is -0.0191. The Morgan fingerprint density at radius 1 is 0.650 bits per heavy atom. The molecule has 2 aliphatic heterocycles. The predicted molar refractivity (Wildman–Crippen MR) is 252 cm³/mol. The van der Waals surface area contributed by atoms with Crippen LogP contribution in [0.2, 0.25) is 0 Å². The lowest BCUT2D eigenvalue weighted by Crippen LogP contribution is -2.85. The first-order valence-corrected chi connectivity index (χ1v) is 22.9. The molecule has 0 amide bonds. The van der Waals surface area contributed by atoms with E-state index in [0.29, 0.717) is 11.2 Å². The van der Waals surface area contributed by atoms with Gasteiger partial charge in [-0.25, -0.2) is 4.99 Å².